The largest absolute Gasteiger partial charge is 0.467 e. The first-order chi connectivity index (χ1) is 15.7. The molecule has 0 aromatic carbocycles. The predicted molar refractivity (Wildman–Crippen MR) is 139 cm³/mol. The van der Waals surface area contributed by atoms with Crippen molar-refractivity contribution in [2.24, 2.45) is 0 Å². The molecule has 3 nitrogen and oxygen atoms in total. The predicted octanol–water partition coefficient (Wildman–Crippen LogP) is 9.07. The molecule has 0 saturated heterocycles. The molecule has 0 amide bonds. The van der Waals surface area contributed by atoms with Crippen molar-refractivity contribution in [1.29, 1.82) is 0 Å². The standard InChI is InChI=1S/C29H56O3/c1-3-4-5-6-7-8-9-10-11-12-13-14-15-16-17-18-19-20-21-22-23-24-25-26-27-28(30)29(31)32-2/h8-9,28,30H,3-7,10-27H2,1-2H3/b9-8-/t28-/m1/s1. The fourth-order valence-electron chi connectivity index (χ4n) is 4.25. The molecule has 0 aliphatic heterocycles. The minimum atomic E-state index is -0.933. The molecule has 0 aliphatic carbocycles. The van der Waals surface area contributed by atoms with Crippen LogP contribution in [0.2, 0.25) is 0 Å². The molecule has 1 N–H and O–H groups in total. The van der Waals surface area contributed by atoms with Crippen molar-refractivity contribution in [3.05, 3.63) is 12.2 Å². The van der Waals surface area contributed by atoms with Gasteiger partial charge in [0.05, 0.1) is 7.11 Å². The molecule has 0 saturated carbocycles. The van der Waals surface area contributed by atoms with Crippen LogP contribution in [0.1, 0.15) is 155 Å². The molecule has 0 rings (SSSR count). The van der Waals surface area contributed by atoms with E-state index in [0.717, 1.165) is 12.8 Å². The molecule has 3 heteroatoms. The van der Waals surface area contributed by atoms with Crippen LogP contribution in [0.15, 0.2) is 12.2 Å². The number of hydrogen-bond donors (Lipinski definition) is 1. The molecule has 0 radical (unpaired) electrons. The highest BCUT2D eigenvalue weighted by atomic mass is 16.5. The number of unbranched alkanes of at least 4 members (excludes halogenated alkanes) is 20. The number of esters is 1. The molecule has 0 unspecified atom stereocenters. The molecule has 1 atom stereocenters. The Bertz CT molecular complexity index is 405. The molecule has 190 valence electrons. The van der Waals surface area contributed by atoms with Crippen LogP contribution in [-0.4, -0.2) is 24.3 Å². The van der Waals surface area contributed by atoms with Crippen molar-refractivity contribution in [1.82, 2.24) is 0 Å². The zero-order valence-electron chi connectivity index (χ0n) is 21.8. The maximum atomic E-state index is 11.1. The lowest BCUT2D eigenvalue weighted by Gasteiger charge is -2.07. The van der Waals surface area contributed by atoms with Gasteiger partial charge < -0.3 is 9.84 Å². The number of methoxy groups -OCH3 is 1. The van der Waals surface area contributed by atoms with Crippen LogP contribution in [0.5, 0.6) is 0 Å². The zero-order chi connectivity index (χ0) is 23.5. The van der Waals surface area contributed by atoms with E-state index in [4.69, 9.17) is 0 Å². The SMILES string of the molecule is CCCCCC/C=C\CCCCCCCCCCCCCCCCCC[C@@H](O)C(=O)OC. The van der Waals surface area contributed by atoms with Gasteiger partial charge in [-0.25, -0.2) is 4.79 Å². The molecular weight excluding hydrogens is 396 g/mol. The summed E-state index contributed by atoms with van der Waals surface area (Å²) >= 11 is 0. The van der Waals surface area contributed by atoms with Gasteiger partial charge in [-0.05, 0) is 32.1 Å². The van der Waals surface area contributed by atoms with Crippen molar-refractivity contribution >= 4 is 5.97 Å². The van der Waals surface area contributed by atoms with Gasteiger partial charge in [-0.2, -0.15) is 0 Å². The number of carbonyl (C=O) groups is 1. The monoisotopic (exact) mass is 452 g/mol. The number of aliphatic hydroxyl groups is 1. The van der Waals surface area contributed by atoms with Crippen LogP contribution in [0, 0.1) is 0 Å². The summed E-state index contributed by atoms with van der Waals surface area (Å²) in [6.45, 7) is 2.27. The van der Waals surface area contributed by atoms with Gasteiger partial charge in [0.15, 0.2) is 6.10 Å². The molecule has 0 spiro atoms. The zero-order valence-corrected chi connectivity index (χ0v) is 21.8. The second-order valence-electron chi connectivity index (χ2n) is 9.59. The van der Waals surface area contributed by atoms with E-state index in [9.17, 15) is 9.90 Å². The van der Waals surface area contributed by atoms with Crippen molar-refractivity contribution in [2.45, 2.75) is 161 Å². The Labute approximate surface area is 200 Å². The number of hydrogen-bond acceptors (Lipinski definition) is 3. The fourth-order valence-corrected chi connectivity index (χ4v) is 4.25. The van der Waals surface area contributed by atoms with Crippen LogP contribution in [0.3, 0.4) is 0 Å². The van der Waals surface area contributed by atoms with E-state index in [0.29, 0.717) is 6.42 Å². The van der Waals surface area contributed by atoms with Crippen LogP contribution in [-0.2, 0) is 9.53 Å². The molecule has 32 heavy (non-hydrogen) atoms. The third-order valence-electron chi connectivity index (χ3n) is 6.46. The maximum absolute atomic E-state index is 11.1. The topological polar surface area (TPSA) is 46.5 Å². The van der Waals surface area contributed by atoms with Crippen LogP contribution in [0.25, 0.3) is 0 Å². The Morgan fingerprint density at radius 2 is 0.969 bits per heavy atom. The van der Waals surface area contributed by atoms with E-state index in [1.54, 1.807) is 0 Å². The summed E-state index contributed by atoms with van der Waals surface area (Å²) in [7, 11) is 1.32. The van der Waals surface area contributed by atoms with E-state index >= 15 is 0 Å². The average molecular weight is 453 g/mol. The van der Waals surface area contributed by atoms with Crippen LogP contribution >= 0.6 is 0 Å². The second kappa shape index (κ2) is 26.4. The third kappa shape index (κ3) is 23.8. The minimum Gasteiger partial charge on any atom is -0.467 e. The first-order valence-corrected chi connectivity index (χ1v) is 14.1. The lowest BCUT2D eigenvalue weighted by molar-refractivity contribution is -0.150. The van der Waals surface area contributed by atoms with Crippen LogP contribution in [0.4, 0.5) is 0 Å². The van der Waals surface area contributed by atoms with E-state index in [1.165, 1.54) is 136 Å². The van der Waals surface area contributed by atoms with E-state index < -0.39 is 12.1 Å². The van der Waals surface area contributed by atoms with Crippen molar-refractivity contribution in [2.75, 3.05) is 7.11 Å². The number of rotatable bonds is 25. The first-order valence-electron chi connectivity index (χ1n) is 14.1. The molecular formula is C29H56O3. The highest BCUT2D eigenvalue weighted by Gasteiger charge is 2.13. The molecule has 0 fully saturated rings. The van der Waals surface area contributed by atoms with Gasteiger partial charge >= 0.3 is 5.97 Å². The Morgan fingerprint density at radius 3 is 1.34 bits per heavy atom. The summed E-state index contributed by atoms with van der Waals surface area (Å²) in [5, 5.41) is 9.52. The Hall–Kier alpha value is -0.830. The van der Waals surface area contributed by atoms with Gasteiger partial charge in [0.1, 0.15) is 0 Å². The summed E-state index contributed by atoms with van der Waals surface area (Å²) in [5.74, 6) is -0.503. The summed E-state index contributed by atoms with van der Waals surface area (Å²) in [4.78, 5) is 11.1. The third-order valence-corrected chi connectivity index (χ3v) is 6.46. The summed E-state index contributed by atoms with van der Waals surface area (Å²) in [6.07, 6.45) is 33.8. The Kier molecular flexibility index (Phi) is 25.7. The lowest BCUT2D eigenvalue weighted by Crippen LogP contribution is -2.21. The second-order valence-corrected chi connectivity index (χ2v) is 9.59. The number of allylic oxidation sites excluding steroid dienone is 2. The molecule has 0 aromatic rings. The quantitative estimate of drug-likeness (QED) is 0.0853. The van der Waals surface area contributed by atoms with Gasteiger partial charge in [-0.1, -0.05) is 135 Å². The Morgan fingerprint density at radius 1 is 0.625 bits per heavy atom. The van der Waals surface area contributed by atoms with Crippen molar-refractivity contribution in [3.8, 4) is 0 Å². The van der Waals surface area contributed by atoms with Gasteiger partial charge in [0.25, 0.3) is 0 Å². The van der Waals surface area contributed by atoms with E-state index in [-0.39, 0.29) is 0 Å². The Balaban J connectivity index is 3.12. The average Bonchev–Trinajstić information content (AvgIpc) is 2.81. The number of carbonyl (C=O) groups excluding carboxylic acids is 1. The summed E-state index contributed by atoms with van der Waals surface area (Å²) in [6, 6.07) is 0. The maximum Gasteiger partial charge on any atom is 0.334 e. The van der Waals surface area contributed by atoms with E-state index in [2.05, 4.69) is 23.8 Å². The fraction of sp³-hybridized carbons (Fsp3) is 0.897. The van der Waals surface area contributed by atoms with Gasteiger partial charge in [0, 0.05) is 0 Å². The van der Waals surface area contributed by atoms with Gasteiger partial charge in [-0.3, -0.25) is 0 Å². The molecule has 0 aromatic heterocycles. The minimum absolute atomic E-state index is 0.503. The van der Waals surface area contributed by atoms with Crippen LogP contribution < -0.4 is 0 Å². The normalized spacial score (nSPS) is 12.5. The molecule has 0 bridgehead atoms. The van der Waals surface area contributed by atoms with Gasteiger partial charge in [-0.15, -0.1) is 0 Å². The summed E-state index contributed by atoms with van der Waals surface area (Å²) in [5.41, 5.74) is 0. The highest BCUT2D eigenvalue weighted by molar-refractivity contribution is 5.74. The molecule has 0 aliphatic rings. The smallest absolute Gasteiger partial charge is 0.334 e. The van der Waals surface area contributed by atoms with Gasteiger partial charge in [0.2, 0.25) is 0 Å². The lowest BCUT2D eigenvalue weighted by atomic mass is 10.0. The van der Waals surface area contributed by atoms with Crippen molar-refractivity contribution in [3.63, 3.8) is 0 Å². The number of aliphatic hydroxyl groups excluding tert-OH is 1. The van der Waals surface area contributed by atoms with E-state index in [1.807, 2.05) is 0 Å². The summed E-state index contributed by atoms with van der Waals surface area (Å²) < 4.78 is 4.53. The highest BCUT2D eigenvalue weighted by Crippen LogP contribution is 2.15. The number of ether oxygens (including phenoxy) is 1. The van der Waals surface area contributed by atoms with Crippen molar-refractivity contribution < 1.29 is 14.6 Å². The molecule has 0 heterocycles. The first kappa shape index (κ1) is 31.2.